The Morgan fingerprint density at radius 3 is 2.84 bits per heavy atom. The summed E-state index contributed by atoms with van der Waals surface area (Å²) >= 11 is 1.26. The monoisotopic (exact) mass is 454 g/mol. The number of nitrogens with one attached hydrogen (secondary N) is 2. The van der Waals surface area contributed by atoms with Gasteiger partial charge in [-0.05, 0) is 31.4 Å². The zero-order valence-electron chi connectivity index (χ0n) is 17.9. The normalized spacial score (nSPS) is 16.2. The Bertz CT molecular complexity index is 1160. The number of amides is 2. The smallest absolute Gasteiger partial charge is 0.273 e. The topological polar surface area (TPSA) is 109 Å². The average Bonchev–Trinajstić information content (AvgIpc) is 3.25. The molecule has 2 aromatic heterocycles. The van der Waals surface area contributed by atoms with Crippen LogP contribution in [0.4, 0.5) is 10.8 Å². The molecular weight excluding hydrogens is 428 g/mol. The molecule has 1 fully saturated rings. The second kappa shape index (κ2) is 9.90. The number of aromatic nitrogens is 3. The number of carbonyl (C=O) groups excluding carboxylic acids is 2. The third kappa shape index (κ3) is 4.96. The molecule has 0 spiro atoms. The highest BCUT2D eigenvalue weighted by molar-refractivity contribution is 7.22. The number of hydrogen-bond acceptors (Lipinski definition) is 7. The van der Waals surface area contributed by atoms with E-state index in [-0.39, 0.29) is 29.8 Å². The highest BCUT2D eigenvalue weighted by atomic mass is 32.1. The summed E-state index contributed by atoms with van der Waals surface area (Å²) in [7, 11) is 0. The minimum atomic E-state index is -0.304. The number of thiazole rings is 1. The molecule has 1 aromatic carbocycles. The Labute approximate surface area is 189 Å². The van der Waals surface area contributed by atoms with Crippen LogP contribution >= 0.6 is 11.3 Å². The van der Waals surface area contributed by atoms with Crippen LogP contribution in [0.2, 0.25) is 0 Å². The summed E-state index contributed by atoms with van der Waals surface area (Å²) < 4.78 is 1.70. The maximum Gasteiger partial charge on any atom is 0.273 e. The molecule has 3 aromatic rings. The predicted molar refractivity (Wildman–Crippen MR) is 125 cm³/mol. The maximum atomic E-state index is 12.9. The van der Waals surface area contributed by atoms with Gasteiger partial charge in [-0.15, -0.1) is 0 Å². The first kappa shape index (κ1) is 21.9. The van der Waals surface area contributed by atoms with E-state index in [4.69, 9.17) is 0 Å². The van der Waals surface area contributed by atoms with E-state index in [2.05, 4.69) is 25.5 Å². The number of nitrogens with zero attached hydrogens (tertiary/aromatic N) is 4. The molecule has 0 unspecified atom stereocenters. The summed E-state index contributed by atoms with van der Waals surface area (Å²) in [6.45, 7) is 3.93. The summed E-state index contributed by atoms with van der Waals surface area (Å²) in [4.78, 5) is 48.5. The van der Waals surface area contributed by atoms with Gasteiger partial charge in [-0.1, -0.05) is 36.5 Å². The van der Waals surface area contributed by atoms with Crippen LogP contribution in [0.1, 0.15) is 26.2 Å². The van der Waals surface area contributed by atoms with Crippen LogP contribution in [0.15, 0.2) is 41.5 Å². The van der Waals surface area contributed by atoms with Gasteiger partial charge < -0.3 is 15.5 Å². The number of carbonyl (C=O) groups is 2. The van der Waals surface area contributed by atoms with Gasteiger partial charge in [0, 0.05) is 25.3 Å². The zero-order valence-corrected chi connectivity index (χ0v) is 18.7. The molecule has 9 nitrogen and oxygen atoms in total. The zero-order chi connectivity index (χ0) is 22.5. The summed E-state index contributed by atoms with van der Waals surface area (Å²) in [5.41, 5.74) is 0.741. The van der Waals surface area contributed by atoms with Gasteiger partial charge in [-0.3, -0.25) is 19.0 Å². The van der Waals surface area contributed by atoms with E-state index in [0.29, 0.717) is 34.3 Å². The van der Waals surface area contributed by atoms with Gasteiger partial charge in [0.25, 0.3) is 5.56 Å². The molecule has 0 saturated carbocycles. The second-order valence-corrected chi connectivity index (χ2v) is 8.79. The standard InChI is InChI=1S/C22H26N6O3S/c1-2-10-23-20(30)15-7-6-11-27(12-15)22-26-19-18(32-22)21(31)28(14-24-19)13-17(29)25-16-8-4-3-5-9-16/h3-5,8-9,14-15H,2,6-7,10-13H2,1H3,(H,23,30)(H,25,29)/t15-/m1/s1. The highest BCUT2D eigenvalue weighted by Gasteiger charge is 2.27. The molecule has 0 aliphatic carbocycles. The van der Waals surface area contributed by atoms with Crippen molar-refractivity contribution >= 4 is 44.3 Å². The first-order chi connectivity index (χ1) is 15.5. The Hall–Kier alpha value is -3.27. The van der Waals surface area contributed by atoms with Crippen molar-refractivity contribution in [3.05, 3.63) is 47.0 Å². The van der Waals surface area contributed by atoms with Gasteiger partial charge in [0.15, 0.2) is 10.8 Å². The summed E-state index contributed by atoms with van der Waals surface area (Å²) in [6, 6.07) is 9.08. The first-order valence-electron chi connectivity index (χ1n) is 10.8. The predicted octanol–water partition coefficient (Wildman–Crippen LogP) is 2.23. The first-order valence-corrected chi connectivity index (χ1v) is 11.6. The number of anilines is 2. The molecular formula is C22H26N6O3S. The van der Waals surface area contributed by atoms with Crippen molar-refractivity contribution in [2.45, 2.75) is 32.7 Å². The third-order valence-corrected chi connectivity index (χ3v) is 6.45. The van der Waals surface area contributed by atoms with Crippen molar-refractivity contribution < 1.29 is 9.59 Å². The van der Waals surface area contributed by atoms with E-state index in [1.54, 1.807) is 12.1 Å². The van der Waals surface area contributed by atoms with Crippen molar-refractivity contribution in [2.75, 3.05) is 29.9 Å². The Morgan fingerprint density at radius 2 is 2.06 bits per heavy atom. The van der Waals surface area contributed by atoms with Crippen LogP contribution in [0.25, 0.3) is 10.3 Å². The molecule has 2 N–H and O–H groups in total. The molecule has 3 heterocycles. The Balaban J connectivity index is 1.48. The second-order valence-electron chi connectivity index (χ2n) is 7.82. The van der Waals surface area contributed by atoms with Crippen molar-refractivity contribution in [1.82, 2.24) is 19.9 Å². The van der Waals surface area contributed by atoms with Crippen LogP contribution in [-0.4, -0.2) is 46.0 Å². The van der Waals surface area contributed by atoms with E-state index in [1.807, 2.05) is 25.1 Å². The van der Waals surface area contributed by atoms with E-state index in [0.717, 1.165) is 25.8 Å². The van der Waals surface area contributed by atoms with Crippen molar-refractivity contribution in [3.63, 3.8) is 0 Å². The number of piperidine rings is 1. The molecule has 32 heavy (non-hydrogen) atoms. The molecule has 1 aliphatic rings. The Morgan fingerprint density at radius 1 is 1.25 bits per heavy atom. The fourth-order valence-corrected chi connectivity index (χ4v) is 4.72. The van der Waals surface area contributed by atoms with E-state index in [1.165, 1.54) is 22.2 Å². The minimum Gasteiger partial charge on any atom is -0.356 e. The van der Waals surface area contributed by atoms with E-state index in [9.17, 15) is 14.4 Å². The maximum absolute atomic E-state index is 12.9. The molecule has 0 bridgehead atoms. The summed E-state index contributed by atoms with van der Waals surface area (Å²) in [5, 5.41) is 6.42. The lowest BCUT2D eigenvalue weighted by Crippen LogP contribution is -2.43. The molecule has 2 amide bonds. The molecule has 0 radical (unpaired) electrons. The quantitative estimate of drug-likeness (QED) is 0.567. The fourth-order valence-electron chi connectivity index (χ4n) is 3.72. The van der Waals surface area contributed by atoms with E-state index < -0.39 is 0 Å². The summed E-state index contributed by atoms with van der Waals surface area (Å²) in [6.07, 6.45) is 3.99. The van der Waals surface area contributed by atoms with Gasteiger partial charge in [0.2, 0.25) is 11.8 Å². The highest BCUT2D eigenvalue weighted by Crippen LogP contribution is 2.29. The fraction of sp³-hybridized carbons (Fsp3) is 0.409. The molecule has 4 rings (SSSR count). The SMILES string of the molecule is CCCNC(=O)[C@@H]1CCCN(c2nc3ncn(CC(=O)Nc4ccccc4)c(=O)c3s2)C1. The number of rotatable bonds is 7. The summed E-state index contributed by atoms with van der Waals surface area (Å²) in [5.74, 6) is -0.322. The van der Waals surface area contributed by atoms with Gasteiger partial charge >= 0.3 is 0 Å². The number of fused-ring (bicyclic) bond motifs is 1. The van der Waals surface area contributed by atoms with Crippen molar-refractivity contribution in [3.8, 4) is 0 Å². The molecule has 1 aliphatic heterocycles. The largest absolute Gasteiger partial charge is 0.356 e. The average molecular weight is 455 g/mol. The van der Waals surface area contributed by atoms with Gasteiger partial charge in [0.05, 0.1) is 5.92 Å². The van der Waals surface area contributed by atoms with Crippen molar-refractivity contribution in [2.24, 2.45) is 5.92 Å². The van der Waals surface area contributed by atoms with E-state index >= 15 is 0 Å². The molecule has 168 valence electrons. The van der Waals surface area contributed by atoms with Gasteiger partial charge in [-0.2, -0.15) is 4.98 Å². The van der Waals surface area contributed by atoms with Crippen molar-refractivity contribution in [1.29, 1.82) is 0 Å². The third-order valence-electron chi connectivity index (χ3n) is 5.36. The van der Waals surface area contributed by atoms with Crippen LogP contribution in [0.5, 0.6) is 0 Å². The molecule has 1 saturated heterocycles. The van der Waals surface area contributed by atoms with Crippen LogP contribution < -0.4 is 21.1 Å². The lowest BCUT2D eigenvalue weighted by atomic mass is 9.97. The number of hydrogen-bond donors (Lipinski definition) is 2. The lowest BCUT2D eigenvalue weighted by molar-refractivity contribution is -0.125. The number of para-hydroxylation sites is 1. The molecule has 1 atom stereocenters. The van der Waals surface area contributed by atoms with Crippen LogP contribution in [0, 0.1) is 5.92 Å². The Kier molecular flexibility index (Phi) is 6.79. The van der Waals surface area contributed by atoms with Gasteiger partial charge in [-0.25, -0.2) is 4.98 Å². The number of benzene rings is 1. The lowest BCUT2D eigenvalue weighted by Gasteiger charge is -2.31. The minimum absolute atomic E-state index is 0.0718. The van der Waals surface area contributed by atoms with Crippen LogP contribution in [0.3, 0.4) is 0 Å². The molecule has 10 heteroatoms. The van der Waals surface area contributed by atoms with Crippen LogP contribution in [-0.2, 0) is 16.1 Å². The van der Waals surface area contributed by atoms with Gasteiger partial charge in [0.1, 0.15) is 17.6 Å².